The van der Waals surface area contributed by atoms with Crippen molar-refractivity contribution in [2.75, 3.05) is 17.7 Å². The maximum atomic E-state index is 13.1. The molecule has 0 atom stereocenters. The highest BCUT2D eigenvalue weighted by molar-refractivity contribution is 7.99. The molecule has 0 fully saturated rings. The van der Waals surface area contributed by atoms with Crippen LogP contribution in [0.5, 0.6) is 0 Å². The number of amides is 1. The Labute approximate surface area is 173 Å². The highest BCUT2D eigenvalue weighted by Gasteiger charge is 2.33. The van der Waals surface area contributed by atoms with E-state index in [9.17, 15) is 22.8 Å². The van der Waals surface area contributed by atoms with Gasteiger partial charge in [-0.2, -0.15) is 13.2 Å². The van der Waals surface area contributed by atoms with Crippen LogP contribution in [0.2, 0.25) is 0 Å². The molecule has 3 aromatic rings. The fourth-order valence-electron chi connectivity index (χ4n) is 2.84. The number of hydrogen-bond donors (Lipinski definition) is 2. The number of nitrogens with one attached hydrogen (secondary N) is 1. The molecule has 2 N–H and O–H groups in total. The van der Waals surface area contributed by atoms with Crippen molar-refractivity contribution in [3.05, 3.63) is 64.4 Å². The van der Waals surface area contributed by atoms with Crippen LogP contribution in [-0.2, 0) is 17.5 Å². The van der Waals surface area contributed by atoms with E-state index in [1.165, 1.54) is 22.8 Å². The molecule has 0 saturated heterocycles. The van der Waals surface area contributed by atoms with Crippen molar-refractivity contribution in [1.29, 1.82) is 0 Å². The molecule has 1 amide bonds. The zero-order valence-electron chi connectivity index (χ0n) is 15.6. The molecule has 1 heterocycles. The number of carbonyl (C=O) groups is 1. The average molecular weight is 437 g/mol. The Bertz CT molecular complexity index is 1120. The van der Waals surface area contributed by atoms with Gasteiger partial charge in [0.15, 0.2) is 5.16 Å². The molecule has 30 heavy (non-hydrogen) atoms. The van der Waals surface area contributed by atoms with Gasteiger partial charge in [-0.3, -0.25) is 14.2 Å². The Morgan fingerprint density at radius 3 is 2.57 bits per heavy atom. The smallest absolute Gasteiger partial charge is 0.396 e. The first kappa shape index (κ1) is 21.8. The minimum Gasteiger partial charge on any atom is -0.396 e. The zero-order chi connectivity index (χ0) is 21.7. The average Bonchev–Trinajstić information content (AvgIpc) is 2.71. The number of anilines is 1. The van der Waals surface area contributed by atoms with E-state index in [1.807, 2.05) is 0 Å². The van der Waals surface area contributed by atoms with E-state index in [1.54, 1.807) is 24.3 Å². The van der Waals surface area contributed by atoms with Gasteiger partial charge in [0, 0.05) is 13.2 Å². The Hall–Kier alpha value is -2.85. The van der Waals surface area contributed by atoms with Crippen LogP contribution in [-0.4, -0.2) is 32.9 Å². The molecule has 6 nitrogen and oxygen atoms in total. The third kappa shape index (κ3) is 5.00. The van der Waals surface area contributed by atoms with Crippen molar-refractivity contribution < 1.29 is 23.1 Å². The van der Waals surface area contributed by atoms with Gasteiger partial charge in [0.1, 0.15) is 0 Å². The summed E-state index contributed by atoms with van der Waals surface area (Å²) in [7, 11) is 0. The van der Waals surface area contributed by atoms with Crippen molar-refractivity contribution >= 4 is 34.3 Å². The first-order valence-electron chi connectivity index (χ1n) is 9.00. The predicted molar refractivity (Wildman–Crippen MR) is 109 cm³/mol. The first-order valence-corrected chi connectivity index (χ1v) is 9.99. The number of rotatable bonds is 7. The molecule has 2 aromatic carbocycles. The van der Waals surface area contributed by atoms with Gasteiger partial charge in [-0.25, -0.2) is 4.98 Å². The Morgan fingerprint density at radius 1 is 1.13 bits per heavy atom. The number of nitrogens with zero attached hydrogens (tertiary/aromatic N) is 2. The van der Waals surface area contributed by atoms with Crippen molar-refractivity contribution in [2.24, 2.45) is 0 Å². The van der Waals surface area contributed by atoms with Crippen LogP contribution >= 0.6 is 11.8 Å². The van der Waals surface area contributed by atoms with Crippen LogP contribution in [0.25, 0.3) is 10.9 Å². The summed E-state index contributed by atoms with van der Waals surface area (Å²) in [5.41, 5.74) is -1.13. The minimum absolute atomic E-state index is 0.127. The topological polar surface area (TPSA) is 84.2 Å². The largest absolute Gasteiger partial charge is 0.418 e. The van der Waals surface area contributed by atoms with E-state index < -0.39 is 17.6 Å². The van der Waals surface area contributed by atoms with Crippen molar-refractivity contribution in [1.82, 2.24) is 9.55 Å². The number of fused-ring (bicyclic) bond motifs is 1. The quantitative estimate of drug-likeness (QED) is 0.437. The lowest BCUT2D eigenvalue weighted by Crippen LogP contribution is -2.25. The summed E-state index contributed by atoms with van der Waals surface area (Å²) in [4.78, 5) is 29.4. The summed E-state index contributed by atoms with van der Waals surface area (Å²) in [6, 6.07) is 11.4. The summed E-state index contributed by atoms with van der Waals surface area (Å²) < 4.78 is 40.6. The molecule has 10 heteroatoms. The second-order valence-corrected chi connectivity index (χ2v) is 7.27. The van der Waals surface area contributed by atoms with Gasteiger partial charge in [-0.15, -0.1) is 0 Å². The molecular formula is C20H18F3N3O3S. The Kier molecular flexibility index (Phi) is 6.78. The minimum atomic E-state index is -4.60. The number of aromatic nitrogens is 2. The van der Waals surface area contributed by atoms with E-state index in [2.05, 4.69) is 10.3 Å². The second-order valence-electron chi connectivity index (χ2n) is 6.33. The number of thioether (sulfide) groups is 1. The number of para-hydroxylation sites is 2. The van der Waals surface area contributed by atoms with E-state index in [4.69, 9.17) is 5.11 Å². The SMILES string of the molecule is O=C(CSc1nc2ccccc2c(=O)n1CCCO)Nc1ccccc1C(F)(F)F. The van der Waals surface area contributed by atoms with Crippen LogP contribution in [0.15, 0.2) is 58.5 Å². The number of aliphatic hydroxyl groups is 1. The lowest BCUT2D eigenvalue weighted by atomic mass is 10.1. The van der Waals surface area contributed by atoms with Crippen LogP contribution in [0.1, 0.15) is 12.0 Å². The molecule has 1 aromatic heterocycles. The van der Waals surface area contributed by atoms with E-state index in [-0.39, 0.29) is 35.3 Å². The van der Waals surface area contributed by atoms with Gasteiger partial charge in [0.2, 0.25) is 5.91 Å². The van der Waals surface area contributed by atoms with E-state index >= 15 is 0 Å². The second kappa shape index (κ2) is 9.31. The van der Waals surface area contributed by atoms with Gasteiger partial charge in [0.25, 0.3) is 5.56 Å². The molecule has 3 rings (SSSR count). The lowest BCUT2D eigenvalue weighted by Gasteiger charge is -2.14. The highest BCUT2D eigenvalue weighted by atomic mass is 32.2. The summed E-state index contributed by atoms with van der Waals surface area (Å²) in [6.07, 6.45) is -4.28. The summed E-state index contributed by atoms with van der Waals surface area (Å²) in [6.45, 7) is 0.0755. The Balaban J connectivity index is 1.82. The maximum absolute atomic E-state index is 13.1. The van der Waals surface area contributed by atoms with Gasteiger partial charge in [-0.05, 0) is 30.7 Å². The standard InChI is InChI=1S/C20H18F3N3O3S/c21-20(22,23)14-7-2-4-9-16(14)24-17(28)12-30-19-25-15-8-3-1-6-13(15)18(29)26(19)10-5-11-27/h1-4,6-9,27H,5,10-12H2,(H,24,28). The molecular weight excluding hydrogens is 419 g/mol. The van der Waals surface area contributed by atoms with Crippen LogP contribution in [0, 0.1) is 0 Å². The predicted octanol–water partition coefficient (Wildman–Crippen LogP) is 3.53. The summed E-state index contributed by atoms with van der Waals surface area (Å²) >= 11 is 0.944. The molecule has 0 aliphatic rings. The van der Waals surface area contributed by atoms with Gasteiger partial charge in [-0.1, -0.05) is 36.0 Å². The fourth-order valence-corrected chi connectivity index (χ4v) is 3.66. The van der Waals surface area contributed by atoms with Crippen molar-refractivity contribution in [3.63, 3.8) is 0 Å². The van der Waals surface area contributed by atoms with Crippen LogP contribution in [0.3, 0.4) is 0 Å². The molecule has 0 aliphatic carbocycles. The molecule has 0 saturated carbocycles. The van der Waals surface area contributed by atoms with Gasteiger partial charge < -0.3 is 10.4 Å². The zero-order valence-corrected chi connectivity index (χ0v) is 16.5. The van der Waals surface area contributed by atoms with Crippen molar-refractivity contribution in [3.8, 4) is 0 Å². The maximum Gasteiger partial charge on any atom is 0.418 e. The molecule has 0 unspecified atom stereocenters. The molecule has 158 valence electrons. The lowest BCUT2D eigenvalue weighted by molar-refractivity contribution is -0.137. The molecule has 0 spiro atoms. The van der Waals surface area contributed by atoms with Crippen molar-refractivity contribution in [2.45, 2.75) is 24.3 Å². The van der Waals surface area contributed by atoms with Crippen LogP contribution < -0.4 is 10.9 Å². The number of alkyl halides is 3. The number of halogens is 3. The number of carbonyl (C=O) groups excluding carboxylic acids is 1. The normalized spacial score (nSPS) is 11.6. The highest BCUT2D eigenvalue weighted by Crippen LogP contribution is 2.34. The summed E-state index contributed by atoms with van der Waals surface area (Å²) in [5, 5.41) is 12.0. The first-order chi connectivity index (χ1) is 14.3. The number of hydrogen-bond acceptors (Lipinski definition) is 5. The van der Waals surface area contributed by atoms with Crippen LogP contribution in [0.4, 0.5) is 18.9 Å². The number of aliphatic hydroxyl groups excluding tert-OH is 1. The number of benzene rings is 2. The molecule has 0 radical (unpaired) electrons. The third-order valence-electron chi connectivity index (χ3n) is 4.21. The van der Waals surface area contributed by atoms with E-state index in [0.717, 1.165) is 17.8 Å². The third-order valence-corrected chi connectivity index (χ3v) is 5.18. The van der Waals surface area contributed by atoms with Gasteiger partial charge in [0.05, 0.1) is 27.9 Å². The molecule has 0 bridgehead atoms. The monoisotopic (exact) mass is 437 g/mol. The van der Waals surface area contributed by atoms with E-state index in [0.29, 0.717) is 17.3 Å². The van der Waals surface area contributed by atoms with Gasteiger partial charge >= 0.3 is 6.18 Å². The summed E-state index contributed by atoms with van der Waals surface area (Å²) in [5.74, 6) is -0.899. The fraction of sp³-hybridized carbons (Fsp3) is 0.250. The molecule has 0 aliphatic heterocycles. The Morgan fingerprint density at radius 2 is 1.83 bits per heavy atom.